The second-order valence-electron chi connectivity index (χ2n) is 3.00. The van der Waals surface area contributed by atoms with Gasteiger partial charge in [-0.3, -0.25) is 0 Å². The minimum absolute atomic E-state index is 0.621. The van der Waals surface area contributed by atoms with E-state index in [1.165, 1.54) is 0 Å². The zero-order valence-corrected chi connectivity index (χ0v) is 8.80. The van der Waals surface area contributed by atoms with Gasteiger partial charge >= 0.3 is 0 Å². The van der Waals surface area contributed by atoms with Crippen LogP contribution in [0.15, 0.2) is 17.0 Å². The molecule has 1 heterocycles. The fourth-order valence-corrected chi connectivity index (χ4v) is 0.917. The number of rotatable bonds is 3. The highest BCUT2D eigenvalue weighted by atomic mass is 79.9. The Hall–Kier alpha value is -0.640. The second kappa shape index (κ2) is 4.40. The van der Waals surface area contributed by atoms with Crippen molar-refractivity contribution in [2.75, 3.05) is 11.9 Å². The number of hydrogen-bond acceptors (Lipinski definition) is 3. The van der Waals surface area contributed by atoms with Gasteiger partial charge in [0.1, 0.15) is 10.4 Å². The molecule has 0 atom stereocenters. The smallest absolute Gasteiger partial charge is 0.144 e. The van der Waals surface area contributed by atoms with Gasteiger partial charge in [0.25, 0.3) is 0 Å². The molecule has 0 radical (unpaired) electrons. The molecule has 0 amide bonds. The van der Waals surface area contributed by atoms with Crippen LogP contribution in [0, 0.1) is 5.92 Å². The van der Waals surface area contributed by atoms with Crippen LogP contribution in [0.25, 0.3) is 0 Å². The van der Waals surface area contributed by atoms with Gasteiger partial charge in [-0.15, -0.1) is 0 Å². The first-order chi connectivity index (χ1) is 5.68. The Labute approximate surface area is 80.7 Å². The summed E-state index contributed by atoms with van der Waals surface area (Å²) in [5.41, 5.74) is 0. The van der Waals surface area contributed by atoms with Crippen LogP contribution in [-0.4, -0.2) is 16.5 Å². The molecule has 0 unspecified atom stereocenters. The molecule has 0 saturated carbocycles. The molecule has 1 aromatic rings. The number of nitrogens with zero attached hydrogens (tertiary/aromatic N) is 2. The summed E-state index contributed by atoms with van der Waals surface area (Å²) in [6.45, 7) is 5.23. The summed E-state index contributed by atoms with van der Waals surface area (Å²) in [4.78, 5) is 8.18. The van der Waals surface area contributed by atoms with E-state index in [9.17, 15) is 0 Å². The maximum Gasteiger partial charge on any atom is 0.144 e. The van der Waals surface area contributed by atoms with Gasteiger partial charge in [0.15, 0.2) is 0 Å². The lowest BCUT2D eigenvalue weighted by atomic mass is 10.2. The minimum atomic E-state index is 0.621. The molecular weight excluding hydrogens is 218 g/mol. The van der Waals surface area contributed by atoms with Crippen molar-refractivity contribution in [1.29, 1.82) is 0 Å². The SMILES string of the molecule is CC(C)CNc1cnc(Br)cn1. The summed E-state index contributed by atoms with van der Waals surface area (Å²) in [5, 5.41) is 3.18. The third kappa shape index (κ3) is 3.17. The highest BCUT2D eigenvalue weighted by Gasteiger charge is 1.95. The lowest BCUT2D eigenvalue weighted by Crippen LogP contribution is -2.09. The summed E-state index contributed by atoms with van der Waals surface area (Å²) < 4.78 is 0.762. The van der Waals surface area contributed by atoms with Crippen molar-refractivity contribution in [1.82, 2.24) is 9.97 Å². The van der Waals surface area contributed by atoms with Gasteiger partial charge in [-0.25, -0.2) is 9.97 Å². The molecule has 1 N–H and O–H groups in total. The summed E-state index contributed by atoms with van der Waals surface area (Å²) in [5.74, 6) is 1.45. The van der Waals surface area contributed by atoms with Gasteiger partial charge in [0, 0.05) is 6.54 Å². The normalized spacial score (nSPS) is 10.3. The summed E-state index contributed by atoms with van der Waals surface area (Å²) in [7, 11) is 0. The number of aromatic nitrogens is 2. The van der Waals surface area contributed by atoms with Gasteiger partial charge in [-0.1, -0.05) is 13.8 Å². The summed E-state index contributed by atoms with van der Waals surface area (Å²) in [6.07, 6.45) is 3.40. The Balaban J connectivity index is 2.48. The van der Waals surface area contributed by atoms with Crippen molar-refractivity contribution in [2.24, 2.45) is 5.92 Å². The molecule has 0 saturated heterocycles. The Morgan fingerprint density at radius 1 is 1.42 bits per heavy atom. The number of hydrogen-bond donors (Lipinski definition) is 1. The molecule has 0 aliphatic carbocycles. The Morgan fingerprint density at radius 3 is 2.67 bits per heavy atom. The molecule has 1 aromatic heterocycles. The zero-order valence-electron chi connectivity index (χ0n) is 7.21. The molecule has 4 heteroatoms. The first-order valence-corrected chi connectivity index (χ1v) is 4.69. The van der Waals surface area contributed by atoms with E-state index in [-0.39, 0.29) is 0 Å². The number of anilines is 1. The van der Waals surface area contributed by atoms with E-state index in [4.69, 9.17) is 0 Å². The minimum Gasteiger partial charge on any atom is -0.369 e. The van der Waals surface area contributed by atoms with Crippen LogP contribution in [0.5, 0.6) is 0 Å². The third-order valence-electron chi connectivity index (χ3n) is 1.31. The average molecular weight is 230 g/mol. The van der Waals surface area contributed by atoms with E-state index >= 15 is 0 Å². The Bertz CT molecular complexity index is 233. The van der Waals surface area contributed by atoms with Crippen LogP contribution in [0.2, 0.25) is 0 Å². The largest absolute Gasteiger partial charge is 0.369 e. The molecule has 12 heavy (non-hydrogen) atoms. The maximum absolute atomic E-state index is 4.13. The van der Waals surface area contributed by atoms with Crippen LogP contribution < -0.4 is 5.32 Å². The average Bonchev–Trinajstić information content (AvgIpc) is 2.03. The molecular formula is C8H12BrN3. The van der Waals surface area contributed by atoms with Gasteiger partial charge < -0.3 is 5.32 Å². The number of nitrogens with one attached hydrogen (secondary N) is 1. The van der Waals surface area contributed by atoms with Crippen LogP contribution in [0.3, 0.4) is 0 Å². The van der Waals surface area contributed by atoms with Crippen molar-refractivity contribution < 1.29 is 0 Å². The molecule has 1 rings (SSSR count). The molecule has 0 bridgehead atoms. The van der Waals surface area contributed by atoms with Gasteiger partial charge in [0.2, 0.25) is 0 Å². The first kappa shape index (κ1) is 9.45. The number of halogens is 1. The van der Waals surface area contributed by atoms with Gasteiger partial charge in [-0.05, 0) is 21.8 Å². The lowest BCUT2D eigenvalue weighted by molar-refractivity contribution is 0.686. The standard InChI is InChI=1S/C8H12BrN3/c1-6(2)3-11-8-5-10-7(9)4-12-8/h4-6H,3H2,1-2H3,(H,11,12). The fraction of sp³-hybridized carbons (Fsp3) is 0.500. The van der Waals surface area contributed by atoms with Gasteiger partial charge in [-0.2, -0.15) is 0 Å². The van der Waals surface area contributed by atoms with Crippen LogP contribution in [0.1, 0.15) is 13.8 Å². The topological polar surface area (TPSA) is 37.8 Å². The van der Waals surface area contributed by atoms with Crippen molar-refractivity contribution in [3.8, 4) is 0 Å². The molecule has 0 aliphatic heterocycles. The van der Waals surface area contributed by atoms with Crippen molar-refractivity contribution in [3.63, 3.8) is 0 Å². The van der Waals surface area contributed by atoms with Gasteiger partial charge in [0.05, 0.1) is 12.4 Å². The maximum atomic E-state index is 4.13. The monoisotopic (exact) mass is 229 g/mol. The summed E-state index contributed by atoms with van der Waals surface area (Å²) >= 11 is 3.22. The Kier molecular flexibility index (Phi) is 3.47. The quantitative estimate of drug-likeness (QED) is 0.865. The Morgan fingerprint density at radius 2 is 2.17 bits per heavy atom. The van der Waals surface area contributed by atoms with E-state index in [2.05, 4.69) is 45.1 Å². The predicted octanol–water partition coefficient (Wildman–Crippen LogP) is 2.31. The van der Waals surface area contributed by atoms with Crippen molar-refractivity contribution in [2.45, 2.75) is 13.8 Å². The zero-order chi connectivity index (χ0) is 8.97. The van der Waals surface area contributed by atoms with E-state index < -0.39 is 0 Å². The predicted molar refractivity (Wildman–Crippen MR) is 53.1 cm³/mol. The van der Waals surface area contributed by atoms with E-state index in [1.807, 2.05) is 0 Å². The molecule has 66 valence electrons. The molecule has 0 spiro atoms. The lowest BCUT2D eigenvalue weighted by Gasteiger charge is -2.06. The third-order valence-corrected chi connectivity index (χ3v) is 1.72. The molecule has 3 nitrogen and oxygen atoms in total. The first-order valence-electron chi connectivity index (χ1n) is 3.90. The molecule has 0 fully saturated rings. The second-order valence-corrected chi connectivity index (χ2v) is 3.81. The highest BCUT2D eigenvalue weighted by molar-refractivity contribution is 9.10. The van der Waals surface area contributed by atoms with Crippen molar-refractivity contribution >= 4 is 21.7 Å². The van der Waals surface area contributed by atoms with Crippen LogP contribution in [-0.2, 0) is 0 Å². The molecule has 0 aromatic carbocycles. The van der Waals surface area contributed by atoms with Crippen LogP contribution in [0.4, 0.5) is 5.82 Å². The summed E-state index contributed by atoms with van der Waals surface area (Å²) in [6, 6.07) is 0. The molecule has 0 aliphatic rings. The van der Waals surface area contributed by atoms with Crippen LogP contribution >= 0.6 is 15.9 Å². The highest BCUT2D eigenvalue weighted by Crippen LogP contribution is 2.06. The van der Waals surface area contributed by atoms with Crippen molar-refractivity contribution in [3.05, 3.63) is 17.0 Å². The van der Waals surface area contributed by atoms with E-state index in [0.717, 1.165) is 17.0 Å². The fourth-order valence-electron chi connectivity index (χ4n) is 0.712. The van der Waals surface area contributed by atoms with E-state index in [0.29, 0.717) is 5.92 Å². The van der Waals surface area contributed by atoms with E-state index in [1.54, 1.807) is 12.4 Å².